The van der Waals surface area contributed by atoms with Gasteiger partial charge in [-0.3, -0.25) is 0 Å². The smallest absolute Gasteiger partial charge is 0.328 e. The molecular formula is C15H18N4O3S. The van der Waals surface area contributed by atoms with Crippen molar-refractivity contribution in [2.24, 2.45) is 0 Å². The monoisotopic (exact) mass is 334 g/mol. The standard InChI is InChI=1S/C15H18N4O3S/c1-9-5-4-6-11(7-9)22-10(2)13-16-17-14(23-13)19-12(20)8-18(3)15(19)21/h4-7,10,12,20H,8H2,1-3H3. The topological polar surface area (TPSA) is 78.8 Å². The number of aryl methyl sites for hydroxylation is 1. The van der Waals surface area contributed by atoms with Crippen molar-refractivity contribution < 1.29 is 14.6 Å². The van der Waals surface area contributed by atoms with Crippen LogP contribution in [0.5, 0.6) is 5.75 Å². The average Bonchev–Trinajstić information content (AvgIpc) is 3.05. The van der Waals surface area contributed by atoms with E-state index in [2.05, 4.69) is 10.2 Å². The number of amides is 2. The maximum atomic E-state index is 12.0. The van der Waals surface area contributed by atoms with Gasteiger partial charge < -0.3 is 14.7 Å². The van der Waals surface area contributed by atoms with Crippen molar-refractivity contribution >= 4 is 22.5 Å². The van der Waals surface area contributed by atoms with Gasteiger partial charge in [0.1, 0.15) is 11.9 Å². The third-order valence-electron chi connectivity index (χ3n) is 3.55. The number of hydrogen-bond acceptors (Lipinski definition) is 6. The van der Waals surface area contributed by atoms with Crippen LogP contribution in [0.4, 0.5) is 9.93 Å². The third-order valence-corrected chi connectivity index (χ3v) is 4.64. The zero-order chi connectivity index (χ0) is 16.6. The first-order chi connectivity index (χ1) is 11.0. The molecule has 2 unspecified atom stereocenters. The fourth-order valence-corrected chi connectivity index (χ4v) is 3.22. The number of likely N-dealkylation sites (N-methyl/N-ethyl adjacent to an activating group) is 1. The molecule has 0 aliphatic carbocycles. The molecular weight excluding hydrogens is 316 g/mol. The lowest BCUT2D eigenvalue weighted by Crippen LogP contribution is -2.34. The van der Waals surface area contributed by atoms with E-state index >= 15 is 0 Å². The summed E-state index contributed by atoms with van der Waals surface area (Å²) < 4.78 is 5.86. The Morgan fingerprint density at radius 2 is 2.22 bits per heavy atom. The molecule has 1 aromatic carbocycles. The number of aliphatic hydroxyl groups is 1. The van der Waals surface area contributed by atoms with Crippen molar-refractivity contribution in [3.63, 3.8) is 0 Å². The number of rotatable bonds is 4. The molecule has 0 bridgehead atoms. The molecule has 1 aromatic heterocycles. The number of benzene rings is 1. The van der Waals surface area contributed by atoms with Crippen LogP contribution < -0.4 is 9.64 Å². The number of carbonyl (C=O) groups is 1. The summed E-state index contributed by atoms with van der Waals surface area (Å²) in [6.45, 7) is 4.13. The number of carbonyl (C=O) groups excluding carboxylic acids is 1. The van der Waals surface area contributed by atoms with Gasteiger partial charge in [0, 0.05) is 7.05 Å². The fraction of sp³-hybridized carbons (Fsp3) is 0.400. The summed E-state index contributed by atoms with van der Waals surface area (Å²) in [5, 5.41) is 19.1. The van der Waals surface area contributed by atoms with E-state index in [0.717, 1.165) is 11.3 Å². The van der Waals surface area contributed by atoms with Gasteiger partial charge in [-0.25, -0.2) is 9.69 Å². The van der Waals surface area contributed by atoms with Crippen molar-refractivity contribution in [1.29, 1.82) is 0 Å². The summed E-state index contributed by atoms with van der Waals surface area (Å²) in [7, 11) is 1.64. The molecule has 23 heavy (non-hydrogen) atoms. The number of urea groups is 1. The number of anilines is 1. The summed E-state index contributed by atoms with van der Waals surface area (Å²) in [5.41, 5.74) is 1.11. The molecule has 7 nitrogen and oxygen atoms in total. The van der Waals surface area contributed by atoms with Gasteiger partial charge in [-0.1, -0.05) is 23.5 Å². The fourth-order valence-electron chi connectivity index (χ4n) is 2.36. The summed E-state index contributed by atoms with van der Waals surface area (Å²) in [6, 6.07) is 7.47. The maximum Gasteiger partial charge on any atom is 0.328 e. The summed E-state index contributed by atoms with van der Waals surface area (Å²) >= 11 is 1.24. The first-order valence-electron chi connectivity index (χ1n) is 7.25. The van der Waals surface area contributed by atoms with Crippen LogP contribution in [0, 0.1) is 6.92 Å². The lowest BCUT2D eigenvalue weighted by molar-refractivity contribution is 0.183. The second-order valence-corrected chi connectivity index (χ2v) is 6.50. The van der Waals surface area contributed by atoms with Crippen molar-refractivity contribution in [1.82, 2.24) is 15.1 Å². The SMILES string of the molecule is Cc1cccc(OC(C)c2nnc(N3C(=O)N(C)CC3O)s2)c1. The minimum atomic E-state index is -0.902. The van der Waals surface area contributed by atoms with Gasteiger partial charge in [0.05, 0.1) is 6.54 Å². The van der Waals surface area contributed by atoms with Crippen molar-refractivity contribution in [3.05, 3.63) is 34.8 Å². The molecule has 122 valence electrons. The number of ether oxygens (including phenoxy) is 1. The second kappa shape index (κ2) is 6.13. The highest BCUT2D eigenvalue weighted by Crippen LogP contribution is 2.31. The van der Waals surface area contributed by atoms with Crippen LogP contribution in [0.15, 0.2) is 24.3 Å². The Morgan fingerprint density at radius 1 is 1.43 bits per heavy atom. The Bertz CT molecular complexity index is 720. The van der Waals surface area contributed by atoms with Crippen molar-refractivity contribution in [3.8, 4) is 5.75 Å². The highest BCUT2D eigenvalue weighted by atomic mass is 32.1. The largest absolute Gasteiger partial charge is 0.483 e. The number of nitrogens with zero attached hydrogens (tertiary/aromatic N) is 4. The van der Waals surface area contributed by atoms with Crippen LogP contribution in [0.1, 0.15) is 23.6 Å². The molecule has 0 saturated carbocycles. The van der Waals surface area contributed by atoms with Crippen LogP contribution in [0.2, 0.25) is 0 Å². The first kappa shape index (κ1) is 15.7. The molecule has 1 aliphatic rings. The Kier molecular flexibility index (Phi) is 4.18. The van der Waals surface area contributed by atoms with E-state index < -0.39 is 6.23 Å². The van der Waals surface area contributed by atoms with Gasteiger partial charge in [0.25, 0.3) is 0 Å². The van der Waals surface area contributed by atoms with Crippen molar-refractivity contribution in [2.75, 3.05) is 18.5 Å². The molecule has 1 fully saturated rings. The van der Waals surface area contributed by atoms with E-state index in [1.165, 1.54) is 21.1 Å². The normalized spacial score (nSPS) is 19.3. The summed E-state index contributed by atoms with van der Waals surface area (Å²) in [5.74, 6) is 0.756. The molecule has 2 aromatic rings. The molecule has 8 heteroatoms. The van der Waals surface area contributed by atoms with Gasteiger partial charge >= 0.3 is 6.03 Å². The van der Waals surface area contributed by atoms with E-state index in [0.29, 0.717) is 10.1 Å². The lowest BCUT2D eigenvalue weighted by atomic mass is 10.2. The molecule has 0 spiro atoms. The quantitative estimate of drug-likeness (QED) is 0.927. The molecule has 1 aliphatic heterocycles. The van der Waals surface area contributed by atoms with Gasteiger partial charge in [-0.05, 0) is 31.5 Å². The van der Waals surface area contributed by atoms with E-state index in [1.807, 2.05) is 38.1 Å². The van der Waals surface area contributed by atoms with Crippen LogP contribution in [-0.4, -0.2) is 46.1 Å². The zero-order valence-corrected chi connectivity index (χ0v) is 13.9. The lowest BCUT2D eigenvalue weighted by Gasteiger charge is -2.14. The van der Waals surface area contributed by atoms with Gasteiger partial charge in [0.2, 0.25) is 5.13 Å². The molecule has 0 radical (unpaired) electrons. The van der Waals surface area contributed by atoms with Crippen molar-refractivity contribution in [2.45, 2.75) is 26.2 Å². The van der Waals surface area contributed by atoms with Crippen LogP contribution in [0.3, 0.4) is 0 Å². The predicted molar refractivity (Wildman–Crippen MR) is 86.6 cm³/mol. The van der Waals surface area contributed by atoms with Crippen LogP contribution in [-0.2, 0) is 0 Å². The summed E-state index contributed by atoms with van der Waals surface area (Å²) in [6.07, 6.45) is -1.20. The molecule has 3 rings (SSSR count). The zero-order valence-electron chi connectivity index (χ0n) is 13.1. The predicted octanol–water partition coefficient (Wildman–Crippen LogP) is 2.18. The van der Waals surface area contributed by atoms with E-state index in [1.54, 1.807) is 7.05 Å². The Balaban J connectivity index is 1.75. The number of hydrogen-bond donors (Lipinski definition) is 1. The molecule has 2 amide bonds. The molecule has 2 atom stereocenters. The highest BCUT2D eigenvalue weighted by molar-refractivity contribution is 7.15. The maximum absolute atomic E-state index is 12.0. The minimum Gasteiger partial charge on any atom is -0.483 e. The summed E-state index contributed by atoms with van der Waals surface area (Å²) in [4.78, 5) is 14.7. The second-order valence-electron chi connectivity index (χ2n) is 5.51. The Labute approximate surface area is 138 Å². The number of aliphatic hydroxyl groups excluding tert-OH is 1. The van der Waals surface area contributed by atoms with Gasteiger partial charge in [0.15, 0.2) is 11.2 Å². The Morgan fingerprint density at radius 3 is 2.87 bits per heavy atom. The molecule has 1 saturated heterocycles. The Hall–Kier alpha value is -2.19. The van der Waals surface area contributed by atoms with Crippen LogP contribution in [0.25, 0.3) is 0 Å². The van der Waals surface area contributed by atoms with E-state index in [4.69, 9.17) is 4.74 Å². The molecule has 2 heterocycles. The third kappa shape index (κ3) is 3.13. The molecule has 1 N–H and O–H groups in total. The van der Waals surface area contributed by atoms with Crippen LogP contribution >= 0.6 is 11.3 Å². The number of aromatic nitrogens is 2. The van der Waals surface area contributed by atoms with Gasteiger partial charge in [-0.2, -0.15) is 0 Å². The van der Waals surface area contributed by atoms with E-state index in [9.17, 15) is 9.90 Å². The highest BCUT2D eigenvalue weighted by Gasteiger charge is 2.37. The number of β-amino-alcohol motifs (C(OH)–C–C–N with tert-alkyl or cyclic N) is 1. The average molecular weight is 334 g/mol. The van der Waals surface area contributed by atoms with E-state index in [-0.39, 0.29) is 18.7 Å². The van der Waals surface area contributed by atoms with Gasteiger partial charge in [-0.15, -0.1) is 10.2 Å². The first-order valence-corrected chi connectivity index (χ1v) is 8.06. The minimum absolute atomic E-state index is 0.253.